The first-order valence-corrected chi connectivity index (χ1v) is 7.48. The van der Waals surface area contributed by atoms with Gasteiger partial charge in [-0.25, -0.2) is 9.37 Å². The van der Waals surface area contributed by atoms with Crippen LogP contribution in [0.1, 0.15) is 16.8 Å². The van der Waals surface area contributed by atoms with Crippen LogP contribution in [0.3, 0.4) is 0 Å². The standard InChI is InChI=1S/C15H12FN3O3S/c1-22-14(21)6-11-5-13(20)19-15(18-11)23-8-10-4-9(7-17)2-3-12(10)16/h2-5H,6,8H2,1H3,(H,18,19,20). The topological polar surface area (TPSA) is 95.8 Å². The number of ether oxygens (including phenoxy) is 1. The van der Waals surface area contributed by atoms with Gasteiger partial charge in [0.15, 0.2) is 5.16 Å². The van der Waals surface area contributed by atoms with Crippen LogP contribution < -0.4 is 5.56 Å². The molecule has 1 N–H and O–H groups in total. The predicted molar refractivity (Wildman–Crippen MR) is 81.3 cm³/mol. The molecule has 0 saturated carbocycles. The summed E-state index contributed by atoms with van der Waals surface area (Å²) < 4.78 is 18.2. The molecule has 0 aliphatic rings. The summed E-state index contributed by atoms with van der Waals surface area (Å²) in [5, 5.41) is 9.10. The number of carbonyl (C=O) groups is 1. The first-order valence-electron chi connectivity index (χ1n) is 6.50. The third kappa shape index (κ3) is 4.66. The SMILES string of the molecule is COC(=O)Cc1cc(=O)[nH]c(SCc2cc(C#N)ccc2F)n1. The zero-order valence-electron chi connectivity index (χ0n) is 12.1. The second-order valence-corrected chi connectivity index (χ2v) is 5.47. The number of H-pyrrole nitrogens is 1. The zero-order chi connectivity index (χ0) is 16.8. The van der Waals surface area contributed by atoms with Gasteiger partial charge in [-0.15, -0.1) is 0 Å². The second kappa shape index (κ2) is 7.56. The van der Waals surface area contributed by atoms with Crippen molar-refractivity contribution in [3.8, 4) is 6.07 Å². The van der Waals surface area contributed by atoms with E-state index in [4.69, 9.17) is 5.26 Å². The Bertz CT molecular complexity index is 829. The number of carbonyl (C=O) groups excluding carboxylic acids is 1. The molecule has 2 aromatic rings. The van der Waals surface area contributed by atoms with Crippen LogP contribution in [0.25, 0.3) is 0 Å². The van der Waals surface area contributed by atoms with Gasteiger partial charge in [-0.1, -0.05) is 11.8 Å². The Morgan fingerprint density at radius 3 is 2.96 bits per heavy atom. The van der Waals surface area contributed by atoms with E-state index in [0.29, 0.717) is 11.1 Å². The van der Waals surface area contributed by atoms with Crippen molar-refractivity contribution in [1.29, 1.82) is 5.26 Å². The van der Waals surface area contributed by atoms with Crippen molar-refractivity contribution >= 4 is 17.7 Å². The number of aromatic nitrogens is 2. The van der Waals surface area contributed by atoms with Crippen LogP contribution in [0.2, 0.25) is 0 Å². The normalized spacial score (nSPS) is 10.1. The van der Waals surface area contributed by atoms with Crippen LogP contribution in [0.4, 0.5) is 4.39 Å². The van der Waals surface area contributed by atoms with Gasteiger partial charge < -0.3 is 9.72 Å². The fourth-order valence-corrected chi connectivity index (χ4v) is 2.63. The molecule has 118 valence electrons. The number of halogens is 1. The Labute approximate surface area is 135 Å². The van der Waals surface area contributed by atoms with Crippen LogP contribution in [-0.2, 0) is 21.7 Å². The molecular weight excluding hydrogens is 321 g/mol. The van der Waals surface area contributed by atoms with Crippen LogP contribution in [0.5, 0.6) is 0 Å². The number of hydrogen-bond acceptors (Lipinski definition) is 6. The minimum Gasteiger partial charge on any atom is -0.469 e. The first kappa shape index (κ1) is 16.7. The zero-order valence-corrected chi connectivity index (χ0v) is 12.9. The van der Waals surface area contributed by atoms with Crippen LogP contribution in [0.15, 0.2) is 34.2 Å². The molecule has 0 bridgehead atoms. The van der Waals surface area contributed by atoms with E-state index < -0.39 is 17.3 Å². The molecule has 2 rings (SSSR count). The monoisotopic (exact) mass is 333 g/mol. The molecule has 0 aliphatic carbocycles. The molecule has 1 heterocycles. The molecule has 0 atom stereocenters. The highest BCUT2D eigenvalue weighted by atomic mass is 32.2. The molecule has 8 heteroatoms. The molecule has 0 amide bonds. The van der Waals surface area contributed by atoms with Crippen LogP contribution >= 0.6 is 11.8 Å². The van der Waals surface area contributed by atoms with Gasteiger partial charge in [0.25, 0.3) is 5.56 Å². The lowest BCUT2D eigenvalue weighted by Crippen LogP contribution is -2.13. The van der Waals surface area contributed by atoms with Gasteiger partial charge in [-0.3, -0.25) is 9.59 Å². The fraction of sp³-hybridized carbons (Fsp3) is 0.200. The molecule has 0 fully saturated rings. The van der Waals surface area contributed by atoms with Crippen molar-refractivity contribution < 1.29 is 13.9 Å². The maximum atomic E-state index is 13.7. The van der Waals surface area contributed by atoms with E-state index in [-0.39, 0.29) is 23.0 Å². The highest BCUT2D eigenvalue weighted by Gasteiger charge is 2.09. The Balaban J connectivity index is 2.16. The average molecular weight is 333 g/mol. The minimum absolute atomic E-state index is 0.119. The highest BCUT2D eigenvalue weighted by Crippen LogP contribution is 2.21. The van der Waals surface area contributed by atoms with Crippen molar-refractivity contribution in [1.82, 2.24) is 9.97 Å². The number of methoxy groups -OCH3 is 1. The van der Waals surface area contributed by atoms with Crippen LogP contribution in [0, 0.1) is 17.1 Å². The lowest BCUT2D eigenvalue weighted by Gasteiger charge is -2.05. The van der Waals surface area contributed by atoms with E-state index in [1.54, 1.807) is 0 Å². The smallest absolute Gasteiger partial charge is 0.311 e. The predicted octanol–water partition coefficient (Wildman–Crippen LogP) is 1.79. The van der Waals surface area contributed by atoms with Gasteiger partial charge in [0.1, 0.15) is 5.82 Å². The number of thioether (sulfide) groups is 1. The Kier molecular flexibility index (Phi) is 5.49. The van der Waals surface area contributed by atoms with Crippen molar-refractivity contribution in [2.24, 2.45) is 0 Å². The first-order chi connectivity index (χ1) is 11.0. The highest BCUT2D eigenvalue weighted by molar-refractivity contribution is 7.98. The molecule has 0 unspecified atom stereocenters. The summed E-state index contributed by atoms with van der Waals surface area (Å²) in [7, 11) is 1.25. The summed E-state index contributed by atoms with van der Waals surface area (Å²) >= 11 is 1.10. The minimum atomic E-state index is -0.508. The largest absolute Gasteiger partial charge is 0.469 e. The Morgan fingerprint density at radius 1 is 1.48 bits per heavy atom. The number of nitrogens with one attached hydrogen (secondary N) is 1. The second-order valence-electron chi connectivity index (χ2n) is 4.50. The number of hydrogen-bond donors (Lipinski definition) is 1. The fourth-order valence-electron chi connectivity index (χ4n) is 1.76. The summed E-state index contributed by atoms with van der Waals surface area (Å²) in [5.74, 6) is -0.761. The number of esters is 1. The van der Waals surface area contributed by atoms with Gasteiger partial charge in [-0.05, 0) is 23.8 Å². The van der Waals surface area contributed by atoms with E-state index in [0.717, 1.165) is 11.8 Å². The Morgan fingerprint density at radius 2 is 2.26 bits per heavy atom. The van der Waals surface area contributed by atoms with E-state index >= 15 is 0 Å². The molecular formula is C15H12FN3O3S. The van der Waals surface area contributed by atoms with E-state index in [2.05, 4.69) is 14.7 Å². The number of aromatic amines is 1. The Hall–Kier alpha value is -2.66. The van der Waals surface area contributed by atoms with Gasteiger partial charge in [0, 0.05) is 11.8 Å². The summed E-state index contributed by atoms with van der Waals surface area (Å²) in [5.41, 5.74) is 0.542. The number of nitrogens with zero attached hydrogens (tertiary/aromatic N) is 2. The summed E-state index contributed by atoms with van der Waals surface area (Å²) in [6.45, 7) is 0. The summed E-state index contributed by atoms with van der Waals surface area (Å²) in [4.78, 5) is 29.5. The molecule has 0 radical (unpaired) electrons. The van der Waals surface area contributed by atoms with Gasteiger partial charge in [-0.2, -0.15) is 5.26 Å². The van der Waals surface area contributed by atoms with Crippen molar-refractivity contribution in [2.75, 3.05) is 7.11 Å². The quantitative estimate of drug-likeness (QED) is 0.509. The summed E-state index contributed by atoms with van der Waals surface area (Å²) in [6, 6.07) is 7.20. The molecule has 0 saturated heterocycles. The number of benzene rings is 1. The third-order valence-electron chi connectivity index (χ3n) is 2.87. The lowest BCUT2D eigenvalue weighted by molar-refractivity contribution is -0.139. The molecule has 23 heavy (non-hydrogen) atoms. The summed E-state index contributed by atoms with van der Waals surface area (Å²) in [6.07, 6.45) is -0.119. The molecule has 0 aliphatic heterocycles. The number of rotatable bonds is 5. The van der Waals surface area contributed by atoms with Crippen LogP contribution in [-0.4, -0.2) is 23.0 Å². The van der Waals surface area contributed by atoms with E-state index in [1.165, 1.54) is 31.4 Å². The molecule has 1 aromatic heterocycles. The van der Waals surface area contributed by atoms with Crippen molar-refractivity contribution in [2.45, 2.75) is 17.3 Å². The molecule has 6 nitrogen and oxygen atoms in total. The van der Waals surface area contributed by atoms with Crippen molar-refractivity contribution in [3.63, 3.8) is 0 Å². The maximum Gasteiger partial charge on any atom is 0.311 e. The van der Waals surface area contributed by atoms with Crippen molar-refractivity contribution in [3.05, 3.63) is 57.3 Å². The molecule has 1 aromatic carbocycles. The van der Waals surface area contributed by atoms with Gasteiger partial charge in [0.05, 0.1) is 30.9 Å². The molecule has 0 spiro atoms. The van der Waals surface area contributed by atoms with Gasteiger partial charge >= 0.3 is 5.97 Å². The van der Waals surface area contributed by atoms with E-state index in [1.807, 2.05) is 6.07 Å². The van der Waals surface area contributed by atoms with Gasteiger partial charge in [0.2, 0.25) is 0 Å². The van der Waals surface area contributed by atoms with E-state index in [9.17, 15) is 14.0 Å². The average Bonchev–Trinajstić information content (AvgIpc) is 2.53. The lowest BCUT2D eigenvalue weighted by atomic mass is 10.1. The maximum absolute atomic E-state index is 13.7. The number of nitriles is 1. The third-order valence-corrected chi connectivity index (χ3v) is 3.79.